The Kier molecular flexibility index (Phi) is 4.02. The summed E-state index contributed by atoms with van der Waals surface area (Å²) in [6.07, 6.45) is 1.26. The van der Waals surface area contributed by atoms with Gasteiger partial charge in [-0.3, -0.25) is 0 Å². The zero-order valence-electron chi connectivity index (χ0n) is 11.6. The van der Waals surface area contributed by atoms with Crippen molar-refractivity contribution in [1.29, 1.82) is 0 Å². The summed E-state index contributed by atoms with van der Waals surface area (Å²) in [4.78, 5) is 0. The molecule has 100 valence electrons. The van der Waals surface area contributed by atoms with E-state index < -0.39 is 0 Å². The monoisotopic (exact) mass is 311 g/mol. The summed E-state index contributed by atoms with van der Waals surface area (Å²) in [5, 5.41) is 3.58. The van der Waals surface area contributed by atoms with Gasteiger partial charge in [-0.15, -0.1) is 0 Å². The molecule has 2 nitrogen and oxygen atoms in total. The Bertz CT molecular complexity index is 425. The number of benzene rings is 1. The molecule has 1 aromatic carbocycles. The molecular formula is C15H22BrNO. The lowest BCUT2D eigenvalue weighted by atomic mass is 10.1. The van der Waals surface area contributed by atoms with E-state index in [0.717, 1.165) is 22.7 Å². The second kappa shape index (κ2) is 5.22. The molecule has 1 saturated carbocycles. The van der Waals surface area contributed by atoms with Crippen molar-refractivity contribution >= 4 is 15.9 Å². The minimum absolute atomic E-state index is 0.203. The molecular weight excluding hydrogens is 290 g/mol. The lowest BCUT2D eigenvalue weighted by molar-refractivity contribution is 0.403. The molecule has 2 unspecified atom stereocenters. The molecule has 0 aliphatic heterocycles. The van der Waals surface area contributed by atoms with E-state index in [-0.39, 0.29) is 5.54 Å². The van der Waals surface area contributed by atoms with Gasteiger partial charge in [-0.2, -0.15) is 0 Å². The van der Waals surface area contributed by atoms with Crippen molar-refractivity contribution in [2.24, 2.45) is 5.92 Å². The Hall–Kier alpha value is -0.540. The van der Waals surface area contributed by atoms with Crippen LogP contribution in [0.4, 0.5) is 0 Å². The number of ether oxygens (including phenoxy) is 1. The SMILES string of the molecule is COc1ccc(Br)cc1C1CC1CNC(C)(C)C. The molecule has 0 radical (unpaired) electrons. The molecule has 0 saturated heterocycles. The van der Waals surface area contributed by atoms with Crippen LogP contribution in [0.5, 0.6) is 5.75 Å². The predicted molar refractivity (Wildman–Crippen MR) is 79.3 cm³/mol. The standard InChI is InChI=1S/C15H22BrNO/c1-15(2,3)17-9-10-7-12(10)13-8-11(16)5-6-14(13)18-4/h5-6,8,10,12,17H,7,9H2,1-4H3. The van der Waals surface area contributed by atoms with E-state index in [0.29, 0.717) is 5.92 Å². The third kappa shape index (κ3) is 3.48. The summed E-state index contributed by atoms with van der Waals surface area (Å²) in [6, 6.07) is 6.28. The van der Waals surface area contributed by atoms with Crippen LogP contribution in [0.1, 0.15) is 38.7 Å². The molecule has 1 aliphatic rings. The first kappa shape index (κ1) is 13.9. The van der Waals surface area contributed by atoms with Gasteiger partial charge in [0.25, 0.3) is 0 Å². The van der Waals surface area contributed by atoms with E-state index in [9.17, 15) is 0 Å². The molecule has 1 N–H and O–H groups in total. The maximum atomic E-state index is 5.45. The van der Waals surface area contributed by atoms with Crippen LogP contribution < -0.4 is 10.1 Å². The Morgan fingerprint density at radius 1 is 1.39 bits per heavy atom. The van der Waals surface area contributed by atoms with E-state index in [2.05, 4.69) is 48.1 Å². The van der Waals surface area contributed by atoms with Crippen LogP contribution in [0.3, 0.4) is 0 Å². The van der Waals surface area contributed by atoms with Gasteiger partial charge in [0, 0.05) is 10.0 Å². The maximum Gasteiger partial charge on any atom is 0.122 e. The molecule has 18 heavy (non-hydrogen) atoms. The lowest BCUT2D eigenvalue weighted by Crippen LogP contribution is -2.37. The molecule has 0 aromatic heterocycles. The van der Waals surface area contributed by atoms with Gasteiger partial charge in [0.05, 0.1) is 7.11 Å². The minimum atomic E-state index is 0.203. The van der Waals surface area contributed by atoms with Crippen LogP contribution >= 0.6 is 15.9 Å². The van der Waals surface area contributed by atoms with Crippen LogP contribution in [0.25, 0.3) is 0 Å². The fourth-order valence-electron chi connectivity index (χ4n) is 2.29. The molecule has 0 spiro atoms. The quantitative estimate of drug-likeness (QED) is 0.909. The molecule has 1 aromatic rings. The second-order valence-electron chi connectivity index (χ2n) is 6.12. The lowest BCUT2D eigenvalue weighted by Gasteiger charge is -2.20. The van der Waals surface area contributed by atoms with Gasteiger partial charge in [0.2, 0.25) is 0 Å². The fraction of sp³-hybridized carbons (Fsp3) is 0.600. The van der Waals surface area contributed by atoms with Crippen LogP contribution in [0.15, 0.2) is 22.7 Å². The van der Waals surface area contributed by atoms with Crippen molar-refractivity contribution in [3.8, 4) is 5.75 Å². The van der Waals surface area contributed by atoms with Crippen molar-refractivity contribution in [3.63, 3.8) is 0 Å². The zero-order chi connectivity index (χ0) is 13.3. The molecule has 0 bridgehead atoms. The Morgan fingerprint density at radius 2 is 2.11 bits per heavy atom. The van der Waals surface area contributed by atoms with E-state index in [1.165, 1.54) is 12.0 Å². The molecule has 0 heterocycles. The van der Waals surface area contributed by atoms with Crippen molar-refractivity contribution in [3.05, 3.63) is 28.2 Å². The van der Waals surface area contributed by atoms with Gasteiger partial charge in [-0.05, 0) is 69.3 Å². The first-order chi connectivity index (χ1) is 8.40. The van der Waals surface area contributed by atoms with Gasteiger partial charge < -0.3 is 10.1 Å². The minimum Gasteiger partial charge on any atom is -0.496 e. The second-order valence-corrected chi connectivity index (χ2v) is 7.04. The Labute approximate surface area is 118 Å². The first-order valence-corrected chi connectivity index (χ1v) is 7.28. The summed E-state index contributed by atoms with van der Waals surface area (Å²) >= 11 is 3.54. The van der Waals surface area contributed by atoms with Gasteiger partial charge >= 0.3 is 0 Å². The smallest absolute Gasteiger partial charge is 0.122 e. The summed E-state index contributed by atoms with van der Waals surface area (Å²) < 4.78 is 6.59. The van der Waals surface area contributed by atoms with Gasteiger partial charge in [0.15, 0.2) is 0 Å². The highest BCUT2D eigenvalue weighted by atomic mass is 79.9. The van der Waals surface area contributed by atoms with Crippen molar-refractivity contribution in [2.45, 2.75) is 38.6 Å². The number of halogens is 1. The van der Waals surface area contributed by atoms with Crippen LogP contribution in [-0.2, 0) is 0 Å². The van der Waals surface area contributed by atoms with E-state index in [1.807, 2.05) is 12.1 Å². The topological polar surface area (TPSA) is 21.3 Å². The summed E-state index contributed by atoms with van der Waals surface area (Å²) in [5.74, 6) is 2.40. The van der Waals surface area contributed by atoms with Crippen molar-refractivity contribution in [1.82, 2.24) is 5.32 Å². The van der Waals surface area contributed by atoms with Crippen LogP contribution in [0.2, 0.25) is 0 Å². The molecule has 2 rings (SSSR count). The van der Waals surface area contributed by atoms with Crippen LogP contribution in [-0.4, -0.2) is 19.2 Å². The highest BCUT2D eigenvalue weighted by molar-refractivity contribution is 9.10. The van der Waals surface area contributed by atoms with E-state index >= 15 is 0 Å². The van der Waals surface area contributed by atoms with E-state index in [4.69, 9.17) is 4.74 Å². The average Bonchev–Trinajstić information content (AvgIpc) is 3.04. The van der Waals surface area contributed by atoms with Crippen LogP contribution in [0, 0.1) is 5.92 Å². The molecule has 0 amide bonds. The Morgan fingerprint density at radius 3 is 2.72 bits per heavy atom. The highest BCUT2D eigenvalue weighted by Gasteiger charge is 2.40. The summed E-state index contributed by atoms with van der Waals surface area (Å²) in [7, 11) is 1.75. The molecule has 1 aliphatic carbocycles. The van der Waals surface area contributed by atoms with Crippen molar-refractivity contribution < 1.29 is 4.74 Å². The fourth-order valence-corrected chi connectivity index (χ4v) is 2.67. The van der Waals surface area contributed by atoms with E-state index in [1.54, 1.807) is 7.11 Å². The summed E-state index contributed by atoms with van der Waals surface area (Å²) in [6.45, 7) is 7.72. The van der Waals surface area contributed by atoms with Crippen molar-refractivity contribution in [2.75, 3.05) is 13.7 Å². The maximum absolute atomic E-state index is 5.45. The Balaban J connectivity index is 2.00. The summed E-state index contributed by atoms with van der Waals surface area (Å²) in [5.41, 5.74) is 1.54. The number of hydrogen-bond donors (Lipinski definition) is 1. The first-order valence-electron chi connectivity index (χ1n) is 6.49. The number of methoxy groups -OCH3 is 1. The van der Waals surface area contributed by atoms with Gasteiger partial charge in [-0.1, -0.05) is 15.9 Å². The third-order valence-corrected chi connectivity index (χ3v) is 3.90. The molecule has 2 atom stereocenters. The van der Waals surface area contributed by atoms with Gasteiger partial charge in [-0.25, -0.2) is 0 Å². The number of hydrogen-bond acceptors (Lipinski definition) is 2. The largest absolute Gasteiger partial charge is 0.496 e. The zero-order valence-corrected chi connectivity index (χ0v) is 13.2. The average molecular weight is 312 g/mol. The normalized spacial score (nSPS) is 22.9. The molecule has 3 heteroatoms. The number of nitrogens with one attached hydrogen (secondary N) is 1. The number of rotatable bonds is 4. The third-order valence-electron chi connectivity index (χ3n) is 3.41. The van der Waals surface area contributed by atoms with Gasteiger partial charge in [0.1, 0.15) is 5.75 Å². The predicted octanol–water partition coefficient (Wildman–Crippen LogP) is 3.95. The molecule has 1 fully saturated rings. The highest BCUT2D eigenvalue weighted by Crippen LogP contribution is 2.50.